The smallest absolute Gasteiger partial charge is 0.410 e. The molecule has 0 radical (unpaired) electrons. The molecule has 1 aromatic carbocycles. The van der Waals surface area contributed by atoms with Crippen LogP contribution in [0.15, 0.2) is 35.3 Å². The minimum absolute atomic E-state index is 0.0856. The molecule has 0 saturated carbocycles. The summed E-state index contributed by atoms with van der Waals surface area (Å²) in [5.74, 6) is -0.853. The average molecular weight is 334 g/mol. The average Bonchev–Trinajstić information content (AvgIpc) is 3.04. The largest absolute Gasteiger partial charge is 0.445 e. The Labute approximate surface area is 138 Å². The molecular weight excluding hydrogens is 316 g/mol. The van der Waals surface area contributed by atoms with E-state index in [1.807, 2.05) is 30.3 Å². The number of amidine groups is 1. The maximum atomic E-state index is 12.1. The van der Waals surface area contributed by atoms with E-state index in [9.17, 15) is 9.59 Å². The summed E-state index contributed by atoms with van der Waals surface area (Å²) < 4.78 is 5.29. The van der Waals surface area contributed by atoms with Crippen molar-refractivity contribution in [1.29, 1.82) is 0 Å². The predicted octanol–water partition coefficient (Wildman–Crippen LogP) is 0.554. The molecule has 2 heterocycles. The van der Waals surface area contributed by atoms with Gasteiger partial charge in [0.05, 0.1) is 0 Å². The first-order chi connectivity index (χ1) is 11.6. The molecule has 3 rings (SSSR count). The second-order valence-corrected chi connectivity index (χ2v) is 5.58. The van der Waals surface area contributed by atoms with Crippen LogP contribution in [0.1, 0.15) is 18.4 Å². The van der Waals surface area contributed by atoms with Crippen molar-refractivity contribution in [3.63, 3.8) is 0 Å². The fourth-order valence-corrected chi connectivity index (χ4v) is 2.61. The van der Waals surface area contributed by atoms with Crippen LogP contribution in [0.5, 0.6) is 0 Å². The van der Waals surface area contributed by atoms with E-state index in [0.29, 0.717) is 25.9 Å². The van der Waals surface area contributed by atoms with Gasteiger partial charge in [-0.15, -0.1) is 0 Å². The number of rotatable bonds is 3. The lowest BCUT2D eigenvalue weighted by Crippen LogP contribution is -2.46. The minimum Gasteiger partial charge on any atom is -0.445 e. The minimum atomic E-state index is -0.891. The summed E-state index contributed by atoms with van der Waals surface area (Å²) >= 11 is 0. The SMILES string of the molecule is O=C(NO)C1=NC2(CCN(C(=O)OCc3ccccc3)CC2)ON1. The number of carbonyl (C=O) groups is 2. The van der Waals surface area contributed by atoms with Gasteiger partial charge >= 0.3 is 12.0 Å². The third kappa shape index (κ3) is 3.47. The summed E-state index contributed by atoms with van der Waals surface area (Å²) in [6.07, 6.45) is 0.447. The molecule has 9 heteroatoms. The molecule has 1 aromatic rings. The third-order valence-corrected chi connectivity index (χ3v) is 3.98. The van der Waals surface area contributed by atoms with Crippen LogP contribution < -0.4 is 11.0 Å². The number of hydrogen-bond acceptors (Lipinski definition) is 7. The van der Waals surface area contributed by atoms with Crippen molar-refractivity contribution in [3.05, 3.63) is 35.9 Å². The fourth-order valence-electron chi connectivity index (χ4n) is 2.61. The van der Waals surface area contributed by atoms with Crippen LogP contribution in [0.4, 0.5) is 4.79 Å². The zero-order chi connectivity index (χ0) is 17.0. The van der Waals surface area contributed by atoms with Gasteiger partial charge in [-0.1, -0.05) is 30.3 Å². The molecule has 2 aliphatic rings. The Morgan fingerprint density at radius 1 is 1.33 bits per heavy atom. The molecular formula is C15H18N4O5. The Morgan fingerprint density at radius 2 is 2.04 bits per heavy atom. The maximum absolute atomic E-state index is 12.1. The monoisotopic (exact) mass is 334 g/mol. The molecule has 1 saturated heterocycles. The van der Waals surface area contributed by atoms with Crippen molar-refractivity contribution >= 4 is 17.8 Å². The highest BCUT2D eigenvalue weighted by Crippen LogP contribution is 2.30. The molecule has 0 atom stereocenters. The van der Waals surface area contributed by atoms with Gasteiger partial charge in [0.15, 0.2) is 5.72 Å². The summed E-state index contributed by atoms with van der Waals surface area (Å²) in [6.45, 7) is 1.01. The molecule has 9 nitrogen and oxygen atoms in total. The highest BCUT2D eigenvalue weighted by molar-refractivity contribution is 6.37. The van der Waals surface area contributed by atoms with Gasteiger partial charge in [0.1, 0.15) is 6.61 Å². The summed E-state index contributed by atoms with van der Waals surface area (Å²) in [5, 5.41) is 8.60. The van der Waals surface area contributed by atoms with Crippen LogP contribution in [0.3, 0.4) is 0 Å². The molecule has 2 amide bonds. The standard InChI is InChI=1S/C15H18N4O5/c20-13(17-22)12-16-15(24-18-12)6-8-19(9-7-15)14(21)23-10-11-4-2-1-3-5-11/h1-5,22H,6-10H2,(H,16,18)(H,17,20). The van der Waals surface area contributed by atoms with Crippen LogP contribution in [-0.4, -0.2) is 46.8 Å². The Bertz CT molecular complexity index is 641. The number of likely N-dealkylation sites (tertiary alicyclic amines) is 1. The van der Waals surface area contributed by atoms with Gasteiger partial charge in [-0.3, -0.25) is 10.0 Å². The molecule has 128 valence electrons. The highest BCUT2D eigenvalue weighted by atomic mass is 16.7. The molecule has 1 spiro atoms. The quantitative estimate of drug-likeness (QED) is 0.550. The van der Waals surface area contributed by atoms with Crippen molar-refractivity contribution in [2.45, 2.75) is 25.2 Å². The Hall–Kier alpha value is -2.65. The van der Waals surface area contributed by atoms with Gasteiger partial charge in [0.2, 0.25) is 5.84 Å². The van der Waals surface area contributed by atoms with Crippen molar-refractivity contribution in [3.8, 4) is 0 Å². The van der Waals surface area contributed by atoms with E-state index in [1.165, 1.54) is 5.48 Å². The molecule has 2 aliphatic heterocycles. The number of nitrogens with zero attached hydrogens (tertiary/aromatic N) is 2. The fraction of sp³-hybridized carbons (Fsp3) is 0.400. The second kappa shape index (κ2) is 6.85. The lowest BCUT2D eigenvalue weighted by molar-refractivity contribution is -0.123. The normalized spacial score (nSPS) is 18.7. The zero-order valence-electron chi connectivity index (χ0n) is 12.9. The van der Waals surface area contributed by atoms with Crippen LogP contribution in [-0.2, 0) is 21.0 Å². The maximum Gasteiger partial charge on any atom is 0.410 e. The van der Waals surface area contributed by atoms with Crippen LogP contribution >= 0.6 is 0 Å². The van der Waals surface area contributed by atoms with Gasteiger partial charge in [0.25, 0.3) is 0 Å². The number of aliphatic imine (C=N–C) groups is 1. The number of ether oxygens (including phenoxy) is 1. The van der Waals surface area contributed by atoms with Crippen LogP contribution in [0.2, 0.25) is 0 Å². The highest BCUT2D eigenvalue weighted by Gasteiger charge is 2.42. The van der Waals surface area contributed by atoms with Gasteiger partial charge < -0.3 is 9.64 Å². The van der Waals surface area contributed by atoms with Crippen molar-refractivity contribution < 1.29 is 24.4 Å². The number of amides is 2. The molecule has 0 unspecified atom stereocenters. The molecule has 24 heavy (non-hydrogen) atoms. The number of piperidine rings is 1. The lowest BCUT2D eigenvalue weighted by atomic mass is 10.0. The van der Waals surface area contributed by atoms with Gasteiger partial charge in [-0.2, -0.15) is 0 Å². The van der Waals surface area contributed by atoms with Gasteiger partial charge in [0, 0.05) is 25.9 Å². The molecule has 3 N–H and O–H groups in total. The van der Waals surface area contributed by atoms with E-state index in [0.717, 1.165) is 5.56 Å². The van der Waals surface area contributed by atoms with E-state index in [4.69, 9.17) is 14.8 Å². The summed E-state index contributed by atoms with van der Waals surface area (Å²) in [6, 6.07) is 9.45. The van der Waals surface area contributed by atoms with Crippen molar-refractivity contribution in [2.24, 2.45) is 4.99 Å². The van der Waals surface area contributed by atoms with E-state index < -0.39 is 17.7 Å². The number of carbonyl (C=O) groups excluding carboxylic acids is 2. The van der Waals surface area contributed by atoms with E-state index in [2.05, 4.69) is 10.5 Å². The lowest BCUT2D eigenvalue weighted by Gasteiger charge is -2.34. The first-order valence-electron chi connectivity index (χ1n) is 7.56. The Kier molecular flexibility index (Phi) is 4.63. The summed E-state index contributed by atoms with van der Waals surface area (Å²) in [7, 11) is 0. The second-order valence-electron chi connectivity index (χ2n) is 5.58. The van der Waals surface area contributed by atoms with E-state index in [-0.39, 0.29) is 12.4 Å². The topological polar surface area (TPSA) is 112 Å². The zero-order valence-corrected chi connectivity index (χ0v) is 12.9. The summed E-state index contributed by atoms with van der Waals surface area (Å²) in [4.78, 5) is 34.5. The van der Waals surface area contributed by atoms with E-state index >= 15 is 0 Å². The first kappa shape index (κ1) is 16.2. The van der Waals surface area contributed by atoms with Gasteiger partial charge in [-0.05, 0) is 5.56 Å². The van der Waals surface area contributed by atoms with Crippen LogP contribution in [0.25, 0.3) is 0 Å². The molecule has 0 aliphatic carbocycles. The number of benzene rings is 1. The number of nitrogens with one attached hydrogen (secondary N) is 2. The molecule has 0 aromatic heterocycles. The predicted molar refractivity (Wildman–Crippen MR) is 81.7 cm³/mol. The summed E-state index contributed by atoms with van der Waals surface area (Å²) in [5.41, 5.74) is 3.93. The van der Waals surface area contributed by atoms with Crippen molar-refractivity contribution in [1.82, 2.24) is 15.9 Å². The van der Waals surface area contributed by atoms with Crippen LogP contribution in [0, 0.1) is 0 Å². The molecule has 1 fully saturated rings. The Balaban J connectivity index is 1.51. The Morgan fingerprint density at radius 3 is 2.71 bits per heavy atom. The van der Waals surface area contributed by atoms with Crippen molar-refractivity contribution in [2.75, 3.05) is 13.1 Å². The van der Waals surface area contributed by atoms with Gasteiger partial charge in [-0.25, -0.2) is 25.6 Å². The van der Waals surface area contributed by atoms with E-state index in [1.54, 1.807) is 4.90 Å². The number of hydrogen-bond donors (Lipinski definition) is 3. The molecule has 0 bridgehead atoms. The third-order valence-electron chi connectivity index (χ3n) is 3.98. The first-order valence-corrected chi connectivity index (χ1v) is 7.56. The number of hydroxylamine groups is 2.